The lowest BCUT2D eigenvalue weighted by Gasteiger charge is -2.46. The Labute approximate surface area is 197 Å². The molecule has 0 radical (unpaired) electrons. The van der Waals surface area contributed by atoms with Gasteiger partial charge in [0.15, 0.2) is 12.4 Å². The van der Waals surface area contributed by atoms with E-state index >= 15 is 0 Å². The number of carboxylic acid groups (broad SMARTS) is 1. The highest BCUT2D eigenvalue weighted by Gasteiger charge is 2.60. The Morgan fingerprint density at radius 3 is 2.84 bits per heavy atom. The summed E-state index contributed by atoms with van der Waals surface area (Å²) in [5, 5.41) is 23.6. The molecule has 3 N–H and O–H groups in total. The lowest BCUT2D eigenvalue weighted by atomic mass is 9.79. The van der Waals surface area contributed by atoms with Crippen LogP contribution in [0.1, 0.15) is 20.3 Å². The number of carbonyl (C=O) groups excluding carboxylic acids is 1. The molecule has 0 saturated carbocycles. The van der Waals surface area contributed by atoms with E-state index in [1.165, 1.54) is 9.80 Å². The number of fused-ring (bicyclic) bond motifs is 1. The van der Waals surface area contributed by atoms with Crippen molar-refractivity contribution in [3.8, 4) is 0 Å². The number of aliphatic carboxylic acids is 1. The van der Waals surface area contributed by atoms with Crippen LogP contribution in [-0.4, -0.2) is 62.7 Å². The summed E-state index contributed by atoms with van der Waals surface area (Å²) in [6.45, 7) is 4.40. The first-order chi connectivity index (χ1) is 14.3. The van der Waals surface area contributed by atoms with Gasteiger partial charge >= 0.3 is 5.97 Å². The third-order valence-corrected chi connectivity index (χ3v) is 8.81. The van der Waals surface area contributed by atoms with E-state index in [0.29, 0.717) is 6.04 Å². The highest BCUT2D eigenvalue weighted by molar-refractivity contribution is 8.03. The van der Waals surface area contributed by atoms with E-state index in [2.05, 4.69) is 17.6 Å². The number of thioether (sulfide) groups is 2. The molecule has 2 saturated heterocycles. The standard InChI is InChI=1S/C21H27N3O4S2.ClH/c1-11-17-16(12(2)25)20(26)24(17)18(21(27)28)19(11)30-15-7-13(22-8-15)10-29-14-5-4-6-23(3)9-14;/h4-6,9,11-13,15-17,22,25H,7-8,10H2,1-3H3;1H/t11-,12-,13+,15+,16-,17-;/m1./s1. The number of hydrogen-bond acceptors (Lipinski definition) is 6. The van der Waals surface area contributed by atoms with Crippen LogP contribution >= 0.6 is 23.5 Å². The smallest absolute Gasteiger partial charge is 0.353 e. The van der Waals surface area contributed by atoms with Gasteiger partial charge in [-0.25, -0.2) is 9.36 Å². The van der Waals surface area contributed by atoms with Crippen LogP contribution in [0.2, 0.25) is 0 Å². The number of pyridine rings is 1. The lowest BCUT2D eigenvalue weighted by Crippen LogP contribution is -3.00. The Balaban J connectivity index is 0.00000272. The summed E-state index contributed by atoms with van der Waals surface area (Å²) < 4.78 is 2.04. The van der Waals surface area contributed by atoms with Gasteiger partial charge in [0.05, 0.1) is 23.0 Å². The molecule has 0 aromatic carbocycles. The Hall–Kier alpha value is -1.26. The van der Waals surface area contributed by atoms with Crippen LogP contribution in [0.3, 0.4) is 0 Å². The number of aromatic nitrogens is 1. The summed E-state index contributed by atoms with van der Waals surface area (Å²) in [5.74, 6) is -0.954. The first-order valence-electron chi connectivity index (χ1n) is 10.2. The zero-order chi connectivity index (χ0) is 21.6. The summed E-state index contributed by atoms with van der Waals surface area (Å²) in [7, 11) is 2.01. The first-order valence-corrected chi connectivity index (χ1v) is 12.1. The number of carboxylic acids is 1. The maximum absolute atomic E-state index is 12.5. The van der Waals surface area contributed by atoms with Crippen molar-refractivity contribution in [3.05, 3.63) is 35.1 Å². The van der Waals surface area contributed by atoms with Crippen molar-refractivity contribution in [1.82, 2.24) is 10.2 Å². The number of rotatable bonds is 7. The minimum Gasteiger partial charge on any atom is -1.00 e. The molecule has 1 aromatic heterocycles. The second-order valence-corrected chi connectivity index (χ2v) is 10.8. The Kier molecular flexibility index (Phi) is 7.63. The fourth-order valence-electron chi connectivity index (χ4n) is 4.70. The zero-order valence-electron chi connectivity index (χ0n) is 17.7. The second kappa shape index (κ2) is 9.70. The van der Waals surface area contributed by atoms with Gasteiger partial charge in [-0.05, 0) is 19.4 Å². The Morgan fingerprint density at radius 1 is 1.45 bits per heavy atom. The molecular weight excluding hydrogens is 458 g/mol. The van der Waals surface area contributed by atoms with E-state index in [9.17, 15) is 19.8 Å². The number of carbonyl (C=O) groups is 2. The molecule has 1 amide bonds. The molecule has 0 bridgehead atoms. The monoisotopic (exact) mass is 485 g/mol. The molecule has 3 aliphatic heterocycles. The van der Waals surface area contributed by atoms with Gasteiger partial charge in [0.2, 0.25) is 5.91 Å². The molecule has 10 heteroatoms. The van der Waals surface area contributed by atoms with Crippen molar-refractivity contribution in [3.63, 3.8) is 0 Å². The SMILES string of the molecule is C[C@@H](O)[C@H]1C(=O)N2C(C(=O)O)=C(S[C@@H]3CN[C@H](CSc4ccc[n+](C)c4)C3)[C@H](C)[C@H]12.[Cl-]. The fraction of sp³-hybridized carbons (Fsp3) is 0.571. The number of nitrogens with zero attached hydrogens (tertiary/aromatic N) is 2. The number of halogens is 1. The van der Waals surface area contributed by atoms with Crippen LogP contribution in [0.15, 0.2) is 40.0 Å². The summed E-state index contributed by atoms with van der Waals surface area (Å²) in [4.78, 5) is 27.8. The molecule has 1 aromatic rings. The molecule has 0 aliphatic carbocycles. The summed E-state index contributed by atoms with van der Waals surface area (Å²) in [5.41, 5.74) is 0.119. The quantitative estimate of drug-likeness (QED) is 0.239. The van der Waals surface area contributed by atoms with Crippen LogP contribution in [0, 0.1) is 11.8 Å². The van der Waals surface area contributed by atoms with Crippen molar-refractivity contribution in [2.45, 2.75) is 48.6 Å². The van der Waals surface area contributed by atoms with Crippen molar-refractivity contribution in [2.24, 2.45) is 18.9 Å². The molecule has 0 unspecified atom stereocenters. The van der Waals surface area contributed by atoms with Gasteiger partial charge in [-0.3, -0.25) is 4.79 Å². The maximum Gasteiger partial charge on any atom is 0.353 e. The van der Waals surface area contributed by atoms with Crippen molar-refractivity contribution >= 4 is 35.4 Å². The summed E-state index contributed by atoms with van der Waals surface area (Å²) in [6.07, 6.45) is 4.31. The van der Waals surface area contributed by atoms with E-state index in [-0.39, 0.29) is 41.2 Å². The number of aliphatic hydroxyl groups is 1. The van der Waals surface area contributed by atoms with Crippen molar-refractivity contribution < 1.29 is 36.8 Å². The number of aryl methyl sites for hydroxylation is 1. The Morgan fingerprint density at radius 2 is 2.19 bits per heavy atom. The van der Waals surface area contributed by atoms with Crippen LogP contribution in [0.4, 0.5) is 0 Å². The molecule has 6 atom stereocenters. The van der Waals surface area contributed by atoms with Gasteiger partial charge in [-0.2, -0.15) is 0 Å². The highest BCUT2D eigenvalue weighted by atomic mass is 35.5. The normalized spacial score (nSPS) is 30.6. The van der Waals surface area contributed by atoms with Crippen LogP contribution < -0.4 is 22.3 Å². The number of hydrogen-bond donors (Lipinski definition) is 3. The molecule has 2 fully saturated rings. The van der Waals surface area contributed by atoms with Crippen LogP contribution in [-0.2, 0) is 16.6 Å². The largest absolute Gasteiger partial charge is 1.00 e. The van der Waals surface area contributed by atoms with Crippen molar-refractivity contribution in [1.29, 1.82) is 0 Å². The zero-order valence-corrected chi connectivity index (χ0v) is 20.1. The molecule has 0 spiro atoms. The number of amides is 1. The number of aliphatic hydroxyl groups excluding tert-OH is 1. The van der Waals surface area contributed by atoms with E-state index in [1.54, 1.807) is 18.7 Å². The average Bonchev–Trinajstić information content (AvgIpc) is 3.22. The van der Waals surface area contributed by atoms with E-state index in [0.717, 1.165) is 23.6 Å². The second-order valence-electron chi connectivity index (χ2n) is 8.37. The minimum atomic E-state index is -1.06. The van der Waals surface area contributed by atoms with E-state index in [1.807, 2.05) is 42.6 Å². The van der Waals surface area contributed by atoms with Gasteiger partial charge < -0.3 is 32.8 Å². The number of β-lactam (4-membered cyclic amide) rings is 1. The number of nitrogens with one attached hydrogen (secondary N) is 1. The van der Waals surface area contributed by atoms with Crippen LogP contribution in [0.25, 0.3) is 0 Å². The van der Waals surface area contributed by atoms with E-state index < -0.39 is 18.0 Å². The molecule has 170 valence electrons. The molecular formula is C21H28ClN3O4S2. The van der Waals surface area contributed by atoms with Crippen LogP contribution in [0.5, 0.6) is 0 Å². The summed E-state index contributed by atoms with van der Waals surface area (Å²) >= 11 is 3.42. The van der Waals surface area contributed by atoms with Gasteiger partial charge in [-0.1, -0.05) is 6.92 Å². The lowest BCUT2D eigenvalue weighted by molar-refractivity contribution is -0.673. The third kappa shape index (κ3) is 4.61. The van der Waals surface area contributed by atoms with E-state index in [4.69, 9.17) is 0 Å². The molecule has 3 aliphatic rings. The first kappa shape index (κ1) is 24.4. The summed E-state index contributed by atoms with van der Waals surface area (Å²) in [6, 6.07) is 4.27. The van der Waals surface area contributed by atoms with Gasteiger partial charge in [0.1, 0.15) is 12.7 Å². The molecule has 31 heavy (non-hydrogen) atoms. The minimum absolute atomic E-state index is 0. The van der Waals surface area contributed by atoms with Crippen molar-refractivity contribution in [2.75, 3.05) is 12.3 Å². The van der Waals surface area contributed by atoms with Gasteiger partial charge in [0.25, 0.3) is 0 Å². The average molecular weight is 486 g/mol. The fourth-order valence-corrected chi connectivity index (χ4v) is 7.28. The predicted octanol–water partition coefficient (Wildman–Crippen LogP) is -1.78. The Bertz CT molecular complexity index is 897. The predicted molar refractivity (Wildman–Crippen MR) is 116 cm³/mol. The molecule has 4 heterocycles. The maximum atomic E-state index is 12.5. The molecule has 7 nitrogen and oxygen atoms in total. The van der Waals surface area contributed by atoms with Gasteiger partial charge in [-0.15, -0.1) is 23.5 Å². The topological polar surface area (TPSA) is 93.8 Å². The third-order valence-electron chi connectivity index (χ3n) is 6.15. The van der Waals surface area contributed by atoms with Gasteiger partial charge in [0, 0.05) is 40.5 Å². The molecule has 4 rings (SSSR count). The highest BCUT2D eigenvalue weighted by Crippen LogP contribution is 2.51.